The molecule has 0 bridgehead atoms. The zero-order valence-corrected chi connectivity index (χ0v) is 11.0. The van der Waals surface area contributed by atoms with Crippen LogP contribution < -0.4 is 10.6 Å². The second kappa shape index (κ2) is 6.00. The van der Waals surface area contributed by atoms with E-state index in [1.165, 1.54) is 0 Å². The Labute approximate surface area is 108 Å². The van der Waals surface area contributed by atoms with E-state index in [9.17, 15) is 4.79 Å². The van der Waals surface area contributed by atoms with Gasteiger partial charge in [0.25, 0.3) is 0 Å². The van der Waals surface area contributed by atoms with Crippen molar-refractivity contribution in [3.05, 3.63) is 18.5 Å². The van der Waals surface area contributed by atoms with Crippen LogP contribution in [-0.2, 0) is 11.3 Å². The van der Waals surface area contributed by atoms with Crippen molar-refractivity contribution in [2.75, 3.05) is 19.6 Å². The number of aromatic nitrogens is 2. The summed E-state index contributed by atoms with van der Waals surface area (Å²) in [5, 5.41) is 10.5. The zero-order valence-electron chi connectivity index (χ0n) is 11.0. The van der Waals surface area contributed by atoms with E-state index in [1.807, 2.05) is 16.9 Å². The molecule has 0 radical (unpaired) electrons. The summed E-state index contributed by atoms with van der Waals surface area (Å²) in [5.41, 5.74) is -0.206. The number of nitrogens with zero attached hydrogens (tertiary/aromatic N) is 2. The lowest BCUT2D eigenvalue weighted by Crippen LogP contribution is -2.50. The number of amides is 1. The van der Waals surface area contributed by atoms with Gasteiger partial charge in [0.2, 0.25) is 5.91 Å². The summed E-state index contributed by atoms with van der Waals surface area (Å²) >= 11 is 0. The maximum absolute atomic E-state index is 12.3. The van der Waals surface area contributed by atoms with Crippen molar-refractivity contribution in [1.82, 2.24) is 20.4 Å². The minimum absolute atomic E-state index is 0.185. The molecule has 1 unspecified atom stereocenters. The highest BCUT2D eigenvalue weighted by Crippen LogP contribution is 2.29. The number of hydrogen-bond acceptors (Lipinski definition) is 3. The maximum atomic E-state index is 12.3. The molecule has 2 heterocycles. The number of hydrogen-bond donors (Lipinski definition) is 2. The van der Waals surface area contributed by atoms with Crippen LogP contribution in [0.4, 0.5) is 0 Å². The van der Waals surface area contributed by atoms with E-state index in [1.54, 1.807) is 6.20 Å². The molecule has 1 aliphatic heterocycles. The predicted molar refractivity (Wildman–Crippen MR) is 70.1 cm³/mol. The van der Waals surface area contributed by atoms with Crippen LogP contribution in [0.5, 0.6) is 0 Å². The molecule has 1 aromatic rings. The normalized spacial score (nSPS) is 23.8. The van der Waals surface area contributed by atoms with Crippen LogP contribution >= 0.6 is 0 Å². The zero-order chi connectivity index (χ0) is 12.8. The SMILES string of the molecule is CCC1(C(=O)NCCn2cccn2)CCCNC1. The van der Waals surface area contributed by atoms with Crippen LogP contribution in [0.25, 0.3) is 0 Å². The molecule has 100 valence electrons. The molecule has 0 aromatic carbocycles. The van der Waals surface area contributed by atoms with Gasteiger partial charge in [-0.2, -0.15) is 5.10 Å². The maximum Gasteiger partial charge on any atom is 0.227 e. The highest BCUT2D eigenvalue weighted by atomic mass is 16.2. The first kappa shape index (κ1) is 13.1. The topological polar surface area (TPSA) is 59.0 Å². The Hall–Kier alpha value is -1.36. The molecule has 18 heavy (non-hydrogen) atoms. The minimum atomic E-state index is -0.206. The number of carbonyl (C=O) groups excluding carboxylic acids is 1. The summed E-state index contributed by atoms with van der Waals surface area (Å²) in [4.78, 5) is 12.3. The summed E-state index contributed by atoms with van der Waals surface area (Å²) in [6.07, 6.45) is 6.63. The van der Waals surface area contributed by atoms with E-state index in [-0.39, 0.29) is 11.3 Å². The monoisotopic (exact) mass is 250 g/mol. The first-order chi connectivity index (χ1) is 8.77. The van der Waals surface area contributed by atoms with Crippen molar-refractivity contribution in [3.8, 4) is 0 Å². The lowest BCUT2D eigenvalue weighted by molar-refractivity contribution is -0.132. The molecule has 5 heteroatoms. The molecule has 2 rings (SSSR count). The van der Waals surface area contributed by atoms with Crippen LogP contribution in [0.15, 0.2) is 18.5 Å². The first-order valence-electron chi connectivity index (χ1n) is 6.73. The molecule has 1 aliphatic rings. The molecular formula is C13H22N4O. The average Bonchev–Trinajstić information content (AvgIpc) is 2.92. The highest BCUT2D eigenvalue weighted by molar-refractivity contribution is 5.82. The van der Waals surface area contributed by atoms with Gasteiger partial charge in [-0.15, -0.1) is 0 Å². The Morgan fingerprint density at radius 1 is 1.61 bits per heavy atom. The number of nitrogens with one attached hydrogen (secondary N) is 2. The van der Waals surface area contributed by atoms with Gasteiger partial charge >= 0.3 is 0 Å². The van der Waals surface area contributed by atoms with Crippen LogP contribution in [0.1, 0.15) is 26.2 Å². The van der Waals surface area contributed by atoms with Crippen molar-refractivity contribution in [2.24, 2.45) is 5.41 Å². The molecule has 5 nitrogen and oxygen atoms in total. The van der Waals surface area contributed by atoms with Crippen LogP contribution in [-0.4, -0.2) is 35.3 Å². The van der Waals surface area contributed by atoms with Gasteiger partial charge in [0.1, 0.15) is 0 Å². The third kappa shape index (κ3) is 2.90. The fourth-order valence-corrected chi connectivity index (χ4v) is 2.53. The van der Waals surface area contributed by atoms with E-state index in [0.717, 1.165) is 38.9 Å². The summed E-state index contributed by atoms with van der Waals surface area (Å²) in [6.45, 7) is 5.30. The Morgan fingerprint density at radius 2 is 2.50 bits per heavy atom. The molecule has 1 fully saturated rings. The largest absolute Gasteiger partial charge is 0.354 e. The molecule has 0 spiro atoms. The second-order valence-corrected chi connectivity index (χ2v) is 4.94. The Balaban J connectivity index is 1.82. The standard InChI is InChI=1S/C13H22N4O/c1-2-13(5-3-6-14-11-13)12(18)15-8-10-17-9-4-7-16-17/h4,7,9,14H,2-3,5-6,8,10-11H2,1H3,(H,15,18). The van der Waals surface area contributed by atoms with Crippen molar-refractivity contribution in [3.63, 3.8) is 0 Å². The molecular weight excluding hydrogens is 228 g/mol. The fraction of sp³-hybridized carbons (Fsp3) is 0.692. The van der Waals surface area contributed by atoms with Crippen molar-refractivity contribution in [1.29, 1.82) is 0 Å². The molecule has 2 N–H and O–H groups in total. The number of rotatable bonds is 5. The van der Waals surface area contributed by atoms with Gasteiger partial charge in [-0.1, -0.05) is 6.92 Å². The molecule has 1 amide bonds. The molecule has 1 saturated heterocycles. The molecule has 0 saturated carbocycles. The predicted octanol–water partition coefficient (Wildman–Crippen LogP) is 0.779. The van der Waals surface area contributed by atoms with Gasteiger partial charge in [-0.05, 0) is 31.9 Å². The van der Waals surface area contributed by atoms with Crippen LogP contribution in [0, 0.1) is 5.41 Å². The smallest absolute Gasteiger partial charge is 0.227 e. The third-order valence-corrected chi connectivity index (χ3v) is 3.82. The van der Waals surface area contributed by atoms with Crippen molar-refractivity contribution >= 4 is 5.91 Å². The number of carbonyl (C=O) groups is 1. The van der Waals surface area contributed by atoms with E-state index in [0.29, 0.717) is 6.54 Å². The van der Waals surface area contributed by atoms with E-state index in [2.05, 4.69) is 22.7 Å². The summed E-state index contributed by atoms with van der Waals surface area (Å²) < 4.78 is 1.83. The van der Waals surface area contributed by atoms with Crippen molar-refractivity contribution in [2.45, 2.75) is 32.7 Å². The van der Waals surface area contributed by atoms with Crippen LogP contribution in [0.2, 0.25) is 0 Å². The fourth-order valence-electron chi connectivity index (χ4n) is 2.53. The minimum Gasteiger partial charge on any atom is -0.354 e. The first-order valence-corrected chi connectivity index (χ1v) is 6.73. The Bertz CT molecular complexity index is 368. The molecule has 1 aromatic heterocycles. The Kier molecular flexibility index (Phi) is 4.36. The van der Waals surface area contributed by atoms with Crippen molar-refractivity contribution < 1.29 is 4.79 Å². The van der Waals surface area contributed by atoms with E-state index in [4.69, 9.17) is 0 Å². The third-order valence-electron chi connectivity index (χ3n) is 3.82. The number of piperidine rings is 1. The summed E-state index contributed by atoms with van der Waals surface area (Å²) in [5.74, 6) is 0.185. The highest BCUT2D eigenvalue weighted by Gasteiger charge is 2.37. The van der Waals surface area contributed by atoms with Gasteiger partial charge in [0.15, 0.2) is 0 Å². The quantitative estimate of drug-likeness (QED) is 0.812. The summed E-state index contributed by atoms with van der Waals surface area (Å²) in [7, 11) is 0. The lowest BCUT2D eigenvalue weighted by Gasteiger charge is -2.35. The average molecular weight is 250 g/mol. The summed E-state index contributed by atoms with van der Waals surface area (Å²) in [6, 6.07) is 1.89. The van der Waals surface area contributed by atoms with Crippen LogP contribution in [0.3, 0.4) is 0 Å². The van der Waals surface area contributed by atoms with E-state index >= 15 is 0 Å². The van der Waals surface area contributed by atoms with Gasteiger partial charge < -0.3 is 10.6 Å². The molecule has 1 atom stereocenters. The van der Waals surface area contributed by atoms with Gasteiger partial charge in [-0.3, -0.25) is 9.48 Å². The van der Waals surface area contributed by atoms with Gasteiger partial charge in [0.05, 0.1) is 12.0 Å². The lowest BCUT2D eigenvalue weighted by atomic mass is 9.77. The van der Waals surface area contributed by atoms with Gasteiger partial charge in [0, 0.05) is 25.5 Å². The van der Waals surface area contributed by atoms with Gasteiger partial charge in [-0.25, -0.2) is 0 Å². The Morgan fingerprint density at radius 3 is 3.11 bits per heavy atom. The van der Waals surface area contributed by atoms with E-state index < -0.39 is 0 Å². The second-order valence-electron chi connectivity index (χ2n) is 4.94. The molecule has 0 aliphatic carbocycles.